The number of aryl methyl sites for hydroxylation is 1. The average molecular weight is 218 g/mol. The molecular formula is C13H18N2O. The van der Waals surface area contributed by atoms with E-state index in [-0.39, 0.29) is 5.91 Å². The predicted molar refractivity (Wildman–Crippen MR) is 63.3 cm³/mol. The molecule has 0 aliphatic heterocycles. The molecule has 2 rings (SSSR count). The molecule has 0 aromatic carbocycles. The number of carbonyl (C=O) groups excluding carboxylic acids is 1. The van der Waals surface area contributed by atoms with Crippen molar-refractivity contribution < 1.29 is 4.79 Å². The van der Waals surface area contributed by atoms with Gasteiger partial charge in [-0.3, -0.25) is 9.78 Å². The van der Waals surface area contributed by atoms with Crippen molar-refractivity contribution in [3.8, 4) is 0 Å². The molecule has 0 atom stereocenters. The minimum absolute atomic E-state index is 0.0319. The molecule has 1 amide bonds. The lowest BCUT2D eigenvalue weighted by Gasteiger charge is -2.22. The SMILES string of the molecule is Cc1ccnc(C(=O)NC2CCCCC2)c1. The molecule has 1 aromatic rings. The number of rotatable bonds is 2. The number of hydrogen-bond acceptors (Lipinski definition) is 2. The van der Waals surface area contributed by atoms with Crippen LogP contribution in [0, 0.1) is 6.92 Å². The molecule has 1 heterocycles. The third-order valence-electron chi connectivity index (χ3n) is 3.09. The van der Waals surface area contributed by atoms with Gasteiger partial charge in [0.05, 0.1) is 0 Å². The second-order valence-electron chi connectivity index (χ2n) is 4.53. The topological polar surface area (TPSA) is 42.0 Å². The Morgan fingerprint density at radius 3 is 2.81 bits per heavy atom. The second kappa shape index (κ2) is 5.10. The summed E-state index contributed by atoms with van der Waals surface area (Å²) in [6.07, 6.45) is 7.66. The zero-order valence-electron chi connectivity index (χ0n) is 9.70. The minimum Gasteiger partial charge on any atom is -0.348 e. The number of aromatic nitrogens is 1. The van der Waals surface area contributed by atoms with E-state index in [1.807, 2.05) is 19.1 Å². The number of pyridine rings is 1. The number of carbonyl (C=O) groups is 1. The molecule has 86 valence electrons. The van der Waals surface area contributed by atoms with Crippen molar-refractivity contribution in [2.45, 2.75) is 45.1 Å². The second-order valence-corrected chi connectivity index (χ2v) is 4.53. The zero-order valence-corrected chi connectivity index (χ0v) is 9.70. The van der Waals surface area contributed by atoms with Crippen molar-refractivity contribution >= 4 is 5.91 Å². The van der Waals surface area contributed by atoms with Gasteiger partial charge in [-0.15, -0.1) is 0 Å². The van der Waals surface area contributed by atoms with Crippen molar-refractivity contribution in [2.24, 2.45) is 0 Å². The molecule has 0 unspecified atom stereocenters. The molecule has 1 aromatic heterocycles. The molecule has 0 bridgehead atoms. The maximum absolute atomic E-state index is 11.9. The Bertz CT molecular complexity index is 370. The van der Waals surface area contributed by atoms with Crippen LogP contribution in [0.15, 0.2) is 18.3 Å². The summed E-state index contributed by atoms with van der Waals surface area (Å²) < 4.78 is 0. The summed E-state index contributed by atoms with van der Waals surface area (Å²) in [4.78, 5) is 16.0. The molecule has 1 aliphatic carbocycles. The zero-order chi connectivity index (χ0) is 11.4. The minimum atomic E-state index is -0.0319. The van der Waals surface area contributed by atoms with Crippen molar-refractivity contribution in [1.82, 2.24) is 10.3 Å². The van der Waals surface area contributed by atoms with Gasteiger partial charge >= 0.3 is 0 Å². The van der Waals surface area contributed by atoms with E-state index in [0.29, 0.717) is 11.7 Å². The predicted octanol–water partition coefficient (Wildman–Crippen LogP) is 2.45. The van der Waals surface area contributed by atoms with Gasteiger partial charge in [0.2, 0.25) is 0 Å². The van der Waals surface area contributed by atoms with Gasteiger partial charge in [0.1, 0.15) is 5.69 Å². The summed E-state index contributed by atoms with van der Waals surface area (Å²) in [5, 5.41) is 3.06. The van der Waals surface area contributed by atoms with E-state index in [1.165, 1.54) is 19.3 Å². The molecule has 16 heavy (non-hydrogen) atoms. The van der Waals surface area contributed by atoms with Gasteiger partial charge in [-0.1, -0.05) is 19.3 Å². The summed E-state index contributed by atoms with van der Waals surface area (Å²) in [6.45, 7) is 1.97. The molecule has 1 fully saturated rings. The highest BCUT2D eigenvalue weighted by molar-refractivity contribution is 5.92. The highest BCUT2D eigenvalue weighted by Gasteiger charge is 2.17. The maximum atomic E-state index is 11.9. The van der Waals surface area contributed by atoms with E-state index < -0.39 is 0 Å². The standard InChI is InChI=1S/C13H18N2O/c1-10-7-8-14-12(9-10)13(16)15-11-5-3-2-4-6-11/h7-9,11H,2-6H2,1H3,(H,15,16). The first kappa shape index (κ1) is 11.1. The Balaban J connectivity index is 1.97. The Morgan fingerprint density at radius 1 is 1.38 bits per heavy atom. The first-order valence-electron chi connectivity index (χ1n) is 5.99. The lowest BCUT2D eigenvalue weighted by atomic mass is 9.95. The summed E-state index contributed by atoms with van der Waals surface area (Å²) in [6, 6.07) is 4.08. The number of nitrogens with zero attached hydrogens (tertiary/aromatic N) is 1. The lowest BCUT2D eigenvalue weighted by Crippen LogP contribution is -2.36. The Kier molecular flexibility index (Phi) is 3.54. The van der Waals surface area contributed by atoms with Crippen LogP contribution in [0.4, 0.5) is 0 Å². The largest absolute Gasteiger partial charge is 0.348 e. The summed E-state index contributed by atoms with van der Waals surface area (Å²) in [7, 11) is 0. The van der Waals surface area contributed by atoms with Crippen LogP contribution in [-0.2, 0) is 0 Å². The Morgan fingerprint density at radius 2 is 2.12 bits per heavy atom. The van der Waals surface area contributed by atoms with Crippen LogP contribution in [0.2, 0.25) is 0 Å². The third-order valence-corrected chi connectivity index (χ3v) is 3.09. The number of hydrogen-bond donors (Lipinski definition) is 1. The van der Waals surface area contributed by atoms with E-state index in [2.05, 4.69) is 10.3 Å². The van der Waals surface area contributed by atoms with Crippen LogP contribution in [0.5, 0.6) is 0 Å². The normalized spacial score (nSPS) is 17.1. The van der Waals surface area contributed by atoms with Gasteiger partial charge < -0.3 is 5.32 Å². The summed E-state index contributed by atoms with van der Waals surface area (Å²) in [5.41, 5.74) is 1.61. The lowest BCUT2D eigenvalue weighted by molar-refractivity contribution is 0.0922. The van der Waals surface area contributed by atoms with Crippen molar-refractivity contribution in [1.29, 1.82) is 0 Å². The molecule has 0 radical (unpaired) electrons. The van der Waals surface area contributed by atoms with Gasteiger partial charge in [0, 0.05) is 12.2 Å². The Hall–Kier alpha value is -1.38. The van der Waals surface area contributed by atoms with Gasteiger partial charge in [-0.05, 0) is 37.5 Å². The smallest absolute Gasteiger partial charge is 0.270 e. The summed E-state index contributed by atoms with van der Waals surface area (Å²) >= 11 is 0. The molecule has 1 N–H and O–H groups in total. The Labute approximate surface area is 96.3 Å². The highest BCUT2D eigenvalue weighted by Crippen LogP contribution is 2.17. The van der Waals surface area contributed by atoms with Gasteiger partial charge in [-0.2, -0.15) is 0 Å². The van der Waals surface area contributed by atoms with E-state index in [1.54, 1.807) is 6.20 Å². The van der Waals surface area contributed by atoms with E-state index in [0.717, 1.165) is 18.4 Å². The maximum Gasteiger partial charge on any atom is 0.270 e. The van der Waals surface area contributed by atoms with Crippen LogP contribution in [0.1, 0.15) is 48.2 Å². The van der Waals surface area contributed by atoms with Crippen LogP contribution in [0.25, 0.3) is 0 Å². The molecule has 0 spiro atoms. The molecule has 0 saturated heterocycles. The molecule has 3 nitrogen and oxygen atoms in total. The molecule has 1 aliphatic rings. The van der Waals surface area contributed by atoms with Crippen LogP contribution >= 0.6 is 0 Å². The number of amides is 1. The van der Waals surface area contributed by atoms with Crippen LogP contribution < -0.4 is 5.32 Å². The fraction of sp³-hybridized carbons (Fsp3) is 0.538. The molecule has 3 heteroatoms. The molecule has 1 saturated carbocycles. The van der Waals surface area contributed by atoms with E-state index in [4.69, 9.17) is 0 Å². The first-order valence-corrected chi connectivity index (χ1v) is 5.99. The third kappa shape index (κ3) is 2.81. The van der Waals surface area contributed by atoms with Crippen molar-refractivity contribution in [3.05, 3.63) is 29.6 Å². The fourth-order valence-corrected chi connectivity index (χ4v) is 2.17. The van der Waals surface area contributed by atoms with Gasteiger partial charge in [0.15, 0.2) is 0 Å². The van der Waals surface area contributed by atoms with Gasteiger partial charge in [-0.25, -0.2) is 0 Å². The van der Waals surface area contributed by atoms with Crippen molar-refractivity contribution in [2.75, 3.05) is 0 Å². The van der Waals surface area contributed by atoms with Crippen LogP contribution in [-0.4, -0.2) is 16.9 Å². The van der Waals surface area contributed by atoms with E-state index in [9.17, 15) is 4.79 Å². The number of nitrogens with one attached hydrogen (secondary N) is 1. The van der Waals surface area contributed by atoms with Gasteiger partial charge in [0.25, 0.3) is 5.91 Å². The highest BCUT2D eigenvalue weighted by atomic mass is 16.1. The summed E-state index contributed by atoms with van der Waals surface area (Å²) in [5.74, 6) is -0.0319. The quantitative estimate of drug-likeness (QED) is 0.828. The average Bonchev–Trinajstić information content (AvgIpc) is 2.30. The first-order chi connectivity index (χ1) is 7.75. The van der Waals surface area contributed by atoms with Crippen LogP contribution in [0.3, 0.4) is 0 Å². The fourth-order valence-electron chi connectivity index (χ4n) is 2.17. The van der Waals surface area contributed by atoms with E-state index >= 15 is 0 Å². The monoisotopic (exact) mass is 218 g/mol. The van der Waals surface area contributed by atoms with Crippen molar-refractivity contribution in [3.63, 3.8) is 0 Å². The molecular weight excluding hydrogens is 200 g/mol.